The van der Waals surface area contributed by atoms with Crippen LogP contribution in [-0.4, -0.2) is 43.3 Å². The second kappa shape index (κ2) is 12.1. The van der Waals surface area contributed by atoms with Crippen molar-refractivity contribution in [2.45, 2.75) is 46.6 Å². The third-order valence-corrected chi connectivity index (χ3v) is 6.12. The molecule has 0 radical (unpaired) electrons. The number of ether oxygens (including phenoxy) is 1. The number of nitrogens with zero attached hydrogens (tertiary/aromatic N) is 5. The molecule has 0 atom stereocenters. The highest BCUT2D eigenvalue weighted by atomic mass is 16.5. The van der Waals surface area contributed by atoms with Crippen LogP contribution in [0.2, 0.25) is 0 Å². The number of aromatic nitrogens is 6. The summed E-state index contributed by atoms with van der Waals surface area (Å²) in [7, 11) is 1.41. The van der Waals surface area contributed by atoms with Gasteiger partial charge in [0, 0.05) is 18.5 Å². The summed E-state index contributed by atoms with van der Waals surface area (Å²) in [5, 5.41) is 14.5. The van der Waals surface area contributed by atoms with Gasteiger partial charge in [-0.3, -0.25) is 0 Å². The van der Waals surface area contributed by atoms with Gasteiger partial charge in [-0.2, -0.15) is 5.21 Å². The van der Waals surface area contributed by atoms with Crippen LogP contribution in [0.25, 0.3) is 33.5 Å². The molecule has 3 aromatic carbocycles. The Hall–Kier alpha value is -4.33. The largest absolute Gasteiger partial charge is 0.465 e. The molecular formula is C29H32N6O2. The normalized spacial score (nSPS) is 10.7. The van der Waals surface area contributed by atoms with Gasteiger partial charge in [-0.05, 0) is 40.5 Å². The van der Waals surface area contributed by atoms with Crippen LogP contribution in [0, 0.1) is 0 Å². The van der Waals surface area contributed by atoms with Gasteiger partial charge >= 0.3 is 5.97 Å². The van der Waals surface area contributed by atoms with E-state index in [1.165, 1.54) is 7.11 Å². The molecular weight excluding hydrogens is 464 g/mol. The van der Waals surface area contributed by atoms with Crippen molar-refractivity contribution < 1.29 is 9.53 Å². The maximum atomic E-state index is 12.5. The molecule has 0 unspecified atom stereocenters. The number of fused-ring (bicyclic) bond motifs is 1. The lowest BCUT2D eigenvalue weighted by Gasteiger charge is -2.12. The predicted molar refractivity (Wildman–Crippen MR) is 145 cm³/mol. The zero-order valence-corrected chi connectivity index (χ0v) is 21.7. The Bertz CT molecular complexity index is 1460. The standard InChI is InChI=1S/C27H26N6O2.C2H6/c1-3-4-12-24-28-23-11-7-10-22(27(34)35-2)25(23)33(24)17-18-13-15-19(16-14-18)20-8-5-6-9-21(20)26-29-31-32-30-26;1-2/h5-11,13-16H,3-4,12,17H2,1-2H3,(H,29,30,31,32);1-2H3. The Morgan fingerprint density at radius 1 is 0.973 bits per heavy atom. The summed E-state index contributed by atoms with van der Waals surface area (Å²) < 4.78 is 7.20. The number of carbonyl (C=O) groups excluding carboxylic acids is 1. The maximum absolute atomic E-state index is 12.5. The Balaban J connectivity index is 0.00000156. The molecule has 0 bridgehead atoms. The Morgan fingerprint density at radius 3 is 2.41 bits per heavy atom. The molecule has 37 heavy (non-hydrogen) atoms. The Labute approximate surface area is 216 Å². The average molecular weight is 497 g/mol. The van der Waals surface area contributed by atoms with Crippen LogP contribution >= 0.6 is 0 Å². The zero-order valence-electron chi connectivity index (χ0n) is 21.7. The molecule has 8 heteroatoms. The molecule has 0 saturated carbocycles. The number of hydrogen-bond acceptors (Lipinski definition) is 6. The molecule has 0 fully saturated rings. The third-order valence-electron chi connectivity index (χ3n) is 6.12. The fourth-order valence-electron chi connectivity index (χ4n) is 4.38. The van der Waals surface area contributed by atoms with E-state index in [1.807, 2.05) is 44.2 Å². The van der Waals surface area contributed by atoms with E-state index < -0.39 is 0 Å². The minimum absolute atomic E-state index is 0.354. The Kier molecular flexibility index (Phi) is 8.40. The van der Waals surface area contributed by atoms with Crippen molar-refractivity contribution in [3.63, 3.8) is 0 Å². The van der Waals surface area contributed by atoms with Crippen LogP contribution in [0.15, 0.2) is 66.7 Å². The van der Waals surface area contributed by atoms with E-state index in [0.717, 1.165) is 58.4 Å². The number of imidazole rings is 1. The molecule has 2 aromatic heterocycles. The number of tetrazole rings is 1. The van der Waals surface area contributed by atoms with Crippen LogP contribution in [0.3, 0.4) is 0 Å². The molecule has 0 amide bonds. The summed E-state index contributed by atoms with van der Waals surface area (Å²) in [6, 6.07) is 22.0. The molecule has 0 aliphatic heterocycles. The van der Waals surface area contributed by atoms with E-state index in [0.29, 0.717) is 17.9 Å². The van der Waals surface area contributed by atoms with Crippen LogP contribution in [0.1, 0.15) is 55.4 Å². The number of aryl methyl sites for hydroxylation is 1. The van der Waals surface area contributed by atoms with Crippen LogP contribution in [-0.2, 0) is 17.7 Å². The highest BCUT2D eigenvalue weighted by Crippen LogP contribution is 2.30. The lowest BCUT2D eigenvalue weighted by atomic mass is 9.98. The van der Waals surface area contributed by atoms with Crippen molar-refractivity contribution in [3.05, 3.63) is 83.7 Å². The van der Waals surface area contributed by atoms with E-state index >= 15 is 0 Å². The van der Waals surface area contributed by atoms with Gasteiger partial charge in [0.05, 0.1) is 23.7 Å². The number of para-hydroxylation sites is 1. The maximum Gasteiger partial charge on any atom is 0.340 e. The molecule has 0 saturated heterocycles. The quantitative estimate of drug-likeness (QED) is 0.261. The number of rotatable bonds is 8. The van der Waals surface area contributed by atoms with Crippen LogP contribution in [0.5, 0.6) is 0 Å². The SMILES string of the molecule is CC.CCCCc1nc2cccc(C(=O)OC)c2n1Cc1ccc(-c2ccccc2-c2nn[nH]n2)cc1. The summed E-state index contributed by atoms with van der Waals surface area (Å²) in [5.41, 5.74) is 6.28. The molecule has 0 aliphatic rings. The molecule has 8 nitrogen and oxygen atoms in total. The van der Waals surface area contributed by atoms with E-state index in [2.05, 4.69) is 62.4 Å². The van der Waals surface area contributed by atoms with Gasteiger partial charge in [0.2, 0.25) is 5.82 Å². The number of benzene rings is 3. The van der Waals surface area contributed by atoms with Crippen molar-refractivity contribution in [2.75, 3.05) is 7.11 Å². The van der Waals surface area contributed by atoms with Crippen molar-refractivity contribution in [2.24, 2.45) is 0 Å². The topological polar surface area (TPSA) is 98.6 Å². The Morgan fingerprint density at radius 2 is 1.73 bits per heavy atom. The smallest absolute Gasteiger partial charge is 0.340 e. The second-order valence-corrected chi connectivity index (χ2v) is 8.36. The fourth-order valence-corrected chi connectivity index (χ4v) is 4.38. The van der Waals surface area contributed by atoms with E-state index in [1.54, 1.807) is 6.07 Å². The monoisotopic (exact) mass is 496 g/mol. The molecule has 5 rings (SSSR count). The summed E-state index contributed by atoms with van der Waals surface area (Å²) >= 11 is 0. The molecule has 1 N–H and O–H groups in total. The minimum atomic E-state index is -0.354. The summed E-state index contributed by atoms with van der Waals surface area (Å²) in [6.07, 6.45) is 2.95. The van der Waals surface area contributed by atoms with E-state index in [-0.39, 0.29) is 5.97 Å². The van der Waals surface area contributed by atoms with Gasteiger partial charge in [-0.25, -0.2) is 9.78 Å². The number of unbranched alkanes of at least 4 members (excludes halogenated alkanes) is 1. The number of methoxy groups -OCH3 is 1. The van der Waals surface area contributed by atoms with Gasteiger partial charge in [-0.15, -0.1) is 10.2 Å². The van der Waals surface area contributed by atoms with Crippen molar-refractivity contribution >= 4 is 17.0 Å². The van der Waals surface area contributed by atoms with Crippen LogP contribution < -0.4 is 0 Å². The highest BCUT2D eigenvalue weighted by molar-refractivity contribution is 6.02. The molecule has 2 heterocycles. The number of esters is 1. The zero-order chi connectivity index (χ0) is 26.2. The predicted octanol–water partition coefficient (Wildman–Crippen LogP) is 6.09. The lowest BCUT2D eigenvalue weighted by molar-refractivity contribution is 0.0602. The van der Waals surface area contributed by atoms with Crippen molar-refractivity contribution in [1.29, 1.82) is 0 Å². The molecule has 0 spiro atoms. The fraction of sp³-hybridized carbons (Fsp3) is 0.276. The lowest BCUT2D eigenvalue weighted by Crippen LogP contribution is -2.09. The minimum Gasteiger partial charge on any atom is -0.465 e. The molecule has 0 aliphatic carbocycles. The third kappa shape index (κ3) is 5.43. The second-order valence-electron chi connectivity index (χ2n) is 8.36. The van der Waals surface area contributed by atoms with Gasteiger partial charge in [0.1, 0.15) is 5.82 Å². The number of nitrogens with one attached hydrogen (secondary N) is 1. The number of hydrogen-bond donors (Lipinski definition) is 1. The summed E-state index contributed by atoms with van der Waals surface area (Å²) in [5.74, 6) is 1.18. The van der Waals surface area contributed by atoms with Gasteiger partial charge < -0.3 is 9.30 Å². The number of H-pyrrole nitrogens is 1. The van der Waals surface area contributed by atoms with Crippen LogP contribution in [0.4, 0.5) is 0 Å². The molecule has 190 valence electrons. The first-order valence-electron chi connectivity index (χ1n) is 12.7. The van der Waals surface area contributed by atoms with Gasteiger partial charge in [-0.1, -0.05) is 81.8 Å². The van der Waals surface area contributed by atoms with Gasteiger partial charge in [0.15, 0.2) is 0 Å². The van der Waals surface area contributed by atoms with Crippen molar-refractivity contribution in [3.8, 4) is 22.5 Å². The first-order valence-corrected chi connectivity index (χ1v) is 12.7. The first kappa shape index (κ1) is 25.8. The molecule has 5 aromatic rings. The summed E-state index contributed by atoms with van der Waals surface area (Å²) in [6.45, 7) is 6.77. The number of carbonyl (C=O) groups is 1. The number of aromatic amines is 1. The average Bonchev–Trinajstić information content (AvgIpc) is 3.62. The van der Waals surface area contributed by atoms with Gasteiger partial charge in [0.25, 0.3) is 0 Å². The first-order chi connectivity index (χ1) is 18.2. The van der Waals surface area contributed by atoms with Crippen molar-refractivity contribution in [1.82, 2.24) is 30.2 Å². The highest BCUT2D eigenvalue weighted by Gasteiger charge is 2.19. The summed E-state index contributed by atoms with van der Waals surface area (Å²) in [4.78, 5) is 17.4. The van der Waals surface area contributed by atoms with E-state index in [4.69, 9.17) is 9.72 Å². The van der Waals surface area contributed by atoms with E-state index in [9.17, 15) is 4.79 Å².